The van der Waals surface area contributed by atoms with Crippen molar-refractivity contribution in [2.45, 2.75) is 13.5 Å². The first-order valence-corrected chi connectivity index (χ1v) is 5.91. The Bertz CT molecular complexity index is 465. The Labute approximate surface area is 104 Å². The standard InChI is InChI=1S/C12H14BrN3/c1-9-5-11(13)7-15-12(9)16(2)8-10-3-4-14-6-10/h3-7,14H,8H2,1-2H3. The first kappa shape index (κ1) is 11.2. The molecule has 3 nitrogen and oxygen atoms in total. The molecule has 2 aromatic heterocycles. The van der Waals surface area contributed by atoms with Crippen LogP contribution in [0, 0.1) is 6.92 Å². The van der Waals surface area contributed by atoms with E-state index in [2.05, 4.69) is 56.9 Å². The lowest BCUT2D eigenvalue weighted by Crippen LogP contribution is -2.18. The van der Waals surface area contributed by atoms with Crippen LogP contribution in [0.1, 0.15) is 11.1 Å². The van der Waals surface area contributed by atoms with Crippen LogP contribution in [0.5, 0.6) is 0 Å². The van der Waals surface area contributed by atoms with E-state index in [-0.39, 0.29) is 0 Å². The molecule has 0 saturated carbocycles. The molecule has 0 unspecified atom stereocenters. The van der Waals surface area contributed by atoms with Crippen molar-refractivity contribution in [3.05, 3.63) is 46.3 Å². The predicted octanol–water partition coefficient (Wildman–Crippen LogP) is 3.12. The van der Waals surface area contributed by atoms with Gasteiger partial charge < -0.3 is 9.88 Å². The normalized spacial score (nSPS) is 10.4. The van der Waals surface area contributed by atoms with Gasteiger partial charge in [-0.15, -0.1) is 0 Å². The molecule has 0 aliphatic rings. The fraction of sp³-hybridized carbons (Fsp3) is 0.250. The summed E-state index contributed by atoms with van der Waals surface area (Å²) in [6.45, 7) is 2.93. The van der Waals surface area contributed by atoms with E-state index in [1.165, 1.54) is 11.1 Å². The number of rotatable bonds is 3. The molecule has 2 aromatic rings. The van der Waals surface area contributed by atoms with Crippen LogP contribution in [0.15, 0.2) is 35.2 Å². The van der Waals surface area contributed by atoms with Crippen LogP contribution in [-0.2, 0) is 6.54 Å². The summed E-state index contributed by atoms with van der Waals surface area (Å²) in [7, 11) is 2.05. The number of nitrogens with zero attached hydrogens (tertiary/aromatic N) is 2. The molecule has 2 heterocycles. The molecule has 2 rings (SSSR count). The SMILES string of the molecule is Cc1cc(Br)cnc1N(C)Cc1cc[nH]c1. The minimum absolute atomic E-state index is 0.860. The van der Waals surface area contributed by atoms with E-state index in [0.29, 0.717) is 0 Å². The predicted molar refractivity (Wildman–Crippen MR) is 69.6 cm³/mol. The highest BCUT2D eigenvalue weighted by Crippen LogP contribution is 2.20. The highest BCUT2D eigenvalue weighted by molar-refractivity contribution is 9.10. The lowest BCUT2D eigenvalue weighted by molar-refractivity contribution is 0.891. The molecule has 0 radical (unpaired) electrons. The summed E-state index contributed by atoms with van der Waals surface area (Å²) in [5.74, 6) is 1.02. The fourth-order valence-electron chi connectivity index (χ4n) is 1.74. The van der Waals surface area contributed by atoms with Gasteiger partial charge in [-0.1, -0.05) is 0 Å². The van der Waals surface area contributed by atoms with Gasteiger partial charge in [-0.3, -0.25) is 0 Å². The van der Waals surface area contributed by atoms with Crippen molar-refractivity contribution in [3.8, 4) is 0 Å². The average molecular weight is 280 g/mol. The number of hydrogen-bond donors (Lipinski definition) is 1. The van der Waals surface area contributed by atoms with Crippen LogP contribution in [-0.4, -0.2) is 17.0 Å². The highest BCUT2D eigenvalue weighted by Gasteiger charge is 2.07. The number of nitrogens with one attached hydrogen (secondary N) is 1. The van der Waals surface area contributed by atoms with Crippen molar-refractivity contribution in [1.82, 2.24) is 9.97 Å². The van der Waals surface area contributed by atoms with Gasteiger partial charge in [0, 0.05) is 36.7 Å². The fourth-order valence-corrected chi connectivity index (χ4v) is 2.18. The van der Waals surface area contributed by atoms with E-state index >= 15 is 0 Å². The van der Waals surface area contributed by atoms with Crippen molar-refractivity contribution in [2.24, 2.45) is 0 Å². The quantitative estimate of drug-likeness (QED) is 0.936. The minimum atomic E-state index is 0.860. The Kier molecular flexibility index (Phi) is 3.29. The molecule has 4 heteroatoms. The molecular weight excluding hydrogens is 266 g/mol. The summed E-state index contributed by atoms with van der Waals surface area (Å²) in [5, 5.41) is 0. The van der Waals surface area contributed by atoms with Gasteiger partial charge >= 0.3 is 0 Å². The Balaban J connectivity index is 2.17. The first-order valence-electron chi connectivity index (χ1n) is 5.12. The lowest BCUT2D eigenvalue weighted by atomic mass is 10.2. The third kappa shape index (κ3) is 2.44. The van der Waals surface area contributed by atoms with Gasteiger partial charge in [0.1, 0.15) is 5.82 Å². The minimum Gasteiger partial charge on any atom is -0.367 e. The molecule has 0 aliphatic carbocycles. The monoisotopic (exact) mass is 279 g/mol. The summed E-state index contributed by atoms with van der Waals surface area (Å²) in [6, 6.07) is 4.15. The topological polar surface area (TPSA) is 31.9 Å². The van der Waals surface area contributed by atoms with E-state index in [0.717, 1.165) is 16.8 Å². The number of halogens is 1. The van der Waals surface area contributed by atoms with Gasteiger partial charge in [-0.25, -0.2) is 4.98 Å². The molecule has 0 aliphatic heterocycles. The molecule has 1 N–H and O–H groups in total. The Hall–Kier alpha value is -1.29. The number of pyridine rings is 1. The summed E-state index contributed by atoms with van der Waals surface area (Å²) in [5.41, 5.74) is 2.43. The highest BCUT2D eigenvalue weighted by atomic mass is 79.9. The molecule has 16 heavy (non-hydrogen) atoms. The number of anilines is 1. The summed E-state index contributed by atoms with van der Waals surface area (Å²) in [4.78, 5) is 9.63. The number of hydrogen-bond acceptors (Lipinski definition) is 2. The van der Waals surface area contributed by atoms with Crippen molar-refractivity contribution >= 4 is 21.7 Å². The summed E-state index contributed by atoms with van der Waals surface area (Å²) >= 11 is 3.42. The van der Waals surface area contributed by atoms with Gasteiger partial charge in [0.05, 0.1) is 0 Å². The lowest BCUT2D eigenvalue weighted by Gasteiger charge is -2.19. The number of aromatic nitrogens is 2. The zero-order chi connectivity index (χ0) is 11.5. The van der Waals surface area contributed by atoms with Crippen molar-refractivity contribution < 1.29 is 0 Å². The van der Waals surface area contributed by atoms with Crippen molar-refractivity contribution in [1.29, 1.82) is 0 Å². The second kappa shape index (κ2) is 4.70. The number of aryl methyl sites for hydroxylation is 1. The third-order valence-electron chi connectivity index (χ3n) is 2.46. The molecule has 0 spiro atoms. The van der Waals surface area contributed by atoms with Crippen LogP contribution in [0.3, 0.4) is 0 Å². The van der Waals surface area contributed by atoms with Crippen LogP contribution in [0.2, 0.25) is 0 Å². The summed E-state index contributed by atoms with van der Waals surface area (Å²) < 4.78 is 1.02. The van der Waals surface area contributed by atoms with E-state index in [9.17, 15) is 0 Å². The second-order valence-electron chi connectivity index (χ2n) is 3.87. The largest absolute Gasteiger partial charge is 0.367 e. The molecular formula is C12H14BrN3. The van der Waals surface area contributed by atoms with E-state index in [1.54, 1.807) is 0 Å². The molecule has 84 valence electrons. The number of aromatic amines is 1. The maximum absolute atomic E-state index is 4.43. The Morgan fingerprint density at radius 1 is 1.50 bits per heavy atom. The first-order chi connectivity index (χ1) is 7.66. The van der Waals surface area contributed by atoms with Gasteiger partial charge in [-0.05, 0) is 46.1 Å². The van der Waals surface area contributed by atoms with E-state index < -0.39 is 0 Å². The third-order valence-corrected chi connectivity index (χ3v) is 2.89. The van der Waals surface area contributed by atoms with Gasteiger partial charge in [0.2, 0.25) is 0 Å². The smallest absolute Gasteiger partial charge is 0.131 e. The van der Waals surface area contributed by atoms with Crippen molar-refractivity contribution in [3.63, 3.8) is 0 Å². The van der Waals surface area contributed by atoms with Crippen LogP contribution in [0.25, 0.3) is 0 Å². The molecule has 0 saturated heterocycles. The average Bonchev–Trinajstić information content (AvgIpc) is 2.70. The van der Waals surface area contributed by atoms with Gasteiger partial charge in [-0.2, -0.15) is 0 Å². The Morgan fingerprint density at radius 3 is 2.94 bits per heavy atom. The second-order valence-corrected chi connectivity index (χ2v) is 4.79. The molecule has 0 atom stereocenters. The molecule has 0 bridgehead atoms. The number of H-pyrrole nitrogens is 1. The maximum Gasteiger partial charge on any atom is 0.131 e. The molecule has 0 fully saturated rings. The van der Waals surface area contributed by atoms with Gasteiger partial charge in [0.15, 0.2) is 0 Å². The van der Waals surface area contributed by atoms with Crippen LogP contribution < -0.4 is 4.90 Å². The summed E-state index contributed by atoms with van der Waals surface area (Å²) in [6.07, 6.45) is 5.77. The Morgan fingerprint density at radius 2 is 2.31 bits per heavy atom. The zero-order valence-electron chi connectivity index (χ0n) is 9.37. The zero-order valence-corrected chi connectivity index (χ0v) is 11.0. The van der Waals surface area contributed by atoms with E-state index in [4.69, 9.17) is 0 Å². The van der Waals surface area contributed by atoms with E-state index in [1.807, 2.05) is 18.6 Å². The van der Waals surface area contributed by atoms with Gasteiger partial charge in [0.25, 0.3) is 0 Å². The van der Waals surface area contributed by atoms with Crippen LogP contribution in [0.4, 0.5) is 5.82 Å². The molecule has 0 aromatic carbocycles. The van der Waals surface area contributed by atoms with Crippen molar-refractivity contribution in [2.75, 3.05) is 11.9 Å². The van der Waals surface area contributed by atoms with Crippen LogP contribution >= 0.6 is 15.9 Å². The maximum atomic E-state index is 4.43. The molecule has 0 amide bonds.